The lowest BCUT2D eigenvalue weighted by molar-refractivity contribution is 0.0789. The van der Waals surface area contributed by atoms with Crippen LogP contribution < -0.4 is 14.8 Å². The molecular weight excluding hydrogens is 318 g/mol. The topological polar surface area (TPSA) is 65.4 Å². The second kappa shape index (κ2) is 6.68. The van der Waals surface area contributed by atoms with Crippen LogP contribution in [-0.4, -0.2) is 34.9 Å². The van der Waals surface area contributed by atoms with Gasteiger partial charge in [0.1, 0.15) is 12.7 Å². The summed E-state index contributed by atoms with van der Waals surface area (Å²) in [6.45, 7) is 0.795. The maximum Gasteiger partial charge on any atom is 0.251 e. The smallest absolute Gasteiger partial charge is 0.251 e. The molecule has 0 bridgehead atoms. The lowest BCUT2D eigenvalue weighted by Gasteiger charge is -2.26. The van der Waals surface area contributed by atoms with E-state index in [1.54, 1.807) is 23.0 Å². The zero-order valence-electron chi connectivity index (χ0n) is 13.5. The Kier molecular flexibility index (Phi) is 4.08. The number of rotatable bonds is 4. The summed E-state index contributed by atoms with van der Waals surface area (Å²) in [6, 6.07) is 16.6. The van der Waals surface area contributed by atoms with Crippen molar-refractivity contribution >= 4 is 5.91 Å². The third-order valence-electron chi connectivity index (χ3n) is 3.96. The molecule has 2 aromatic carbocycles. The van der Waals surface area contributed by atoms with Crippen LogP contribution in [0.25, 0.3) is 5.69 Å². The molecule has 4 rings (SSSR count). The number of ether oxygens (including phenoxy) is 2. The molecule has 1 aliphatic rings. The number of hydrogen-bond acceptors (Lipinski definition) is 4. The lowest BCUT2D eigenvalue weighted by Crippen LogP contribution is -2.40. The van der Waals surface area contributed by atoms with E-state index < -0.39 is 0 Å². The van der Waals surface area contributed by atoms with Crippen molar-refractivity contribution in [1.29, 1.82) is 0 Å². The number of nitrogens with one attached hydrogen (secondary N) is 1. The Bertz CT molecular complexity index is 860. The average molecular weight is 335 g/mol. The van der Waals surface area contributed by atoms with E-state index in [1.165, 1.54) is 0 Å². The molecule has 126 valence electrons. The van der Waals surface area contributed by atoms with Crippen molar-refractivity contribution in [1.82, 2.24) is 15.1 Å². The fraction of sp³-hybridized carbons (Fsp3) is 0.158. The third kappa shape index (κ3) is 3.33. The van der Waals surface area contributed by atoms with E-state index in [9.17, 15) is 4.79 Å². The van der Waals surface area contributed by atoms with E-state index in [4.69, 9.17) is 9.47 Å². The number of benzene rings is 2. The summed E-state index contributed by atoms with van der Waals surface area (Å²) in [5.74, 6) is 1.30. The van der Waals surface area contributed by atoms with E-state index in [-0.39, 0.29) is 12.0 Å². The molecule has 1 amide bonds. The van der Waals surface area contributed by atoms with Gasteiger partial charge in [-0.1, -0.05) is 12.1 Å². The van der Waals surface area contributed by atoms with Crippen LogP contribution in [0.1, 0.15) is 10.4 Å². The normalized spacial score (nSPS) is 15.6. The van der Waals surface area contributed by atoms with Crippen LogP contribution in [-0.2, 0) is 0 Å². The predicted octanol–water partition coefficient (Wildman–Crippen LogP) is 2.44. The Labute approximate surface area is 145 Å². The van der Waals surface area contributed by atoms with Crippen LogP contribution in [0.2, 0.25) is 0 Å². The first-order chi connectivity index (χ1) is 12.3. The van der Waals surface area contributed by atoms with Crippen molar-refractivity contribution in [2.75, 3.05) is 13.2 Å². The average Bonchev–Trinajstić information content (AvgIpc) is 3.21. The highest BCUT2D eigenvalue weighted by Crippen LogP contribution is 2.30. The van der Waals surface area contributed by atoms with E-state index in [2.05, 4.69) is 10.4 Å². The molecule has 0 unspecified atom stereocenters. The van der Waals surface area contributed by atoms with Crippen LogP contribution in [0.5, 0.6) is 11.5 Å². The molecule has 0 spiro atoms. The molecular formula is C19H17N3O3. The molecule has 0 aliphatic carbocycles. The maximum absolute atomic E-state index is 12.3. The van der Waals surface area contributed by atoms with Gasteiger partial charge in [0.05, 0.1) is 12.2 Å². The highest BCUT2D eigenvalue weighted by atomic mass is 16.6. The molecule has 25 heavy (non-hydrogen) atoms. The Balaban J connectivity index is 1.35. The van der Waals surface area contributed by atoms with Crippen LogP contribution in [0, 0.1) is 0 Å². The summed E-state index contributed by atoms with van der Waals surface area (Å²) in [7, 11) is 0. The van der Waals surface area contributed by atoms with E-state index in [0.717, 1.165) is 11.4 Å². The van der Waals surface area contributed by atoms with Crippen molar-refractivity contribution < 1.29 is 14.3 Å². The van der Waals surface area contributed by atoms with Gasteiger partial charge in [0.2, 0.25) is 0 Å². The Morgan fingerprint density at radius 3 is 2.68 bits per heavy atom. The van der Waals surface area contributed by atoms with Crippen molar-refractivity contribution in [3.8, 4) is 17.2 Å². The quantitative estimate of drug-likeness (QED) is 0.795. The Hall–Kier alpha value is -3.28. The van der Waals surface area contributed by atoms with Gasteiger partial charge in [0, 0.05) is 18.0 Å². The van der Waals surface area contributed by atoms with Gasteiger partial charge in [-0.05, 0) is 42.5 Å². The molecule has 0 saturated carbocycles. The van der Waals surface area contributed by atoms with E-state index in [0.29, 0.717) is 24.5 Å². The number of aromatic nitrogens is 2. The lowest BCUT2D eigenvalue weighted by atomic mass is 10.2. The Morgan fingerprint density at radius 1 is 1.12 bits per heavy atom. The van der Waals surface area contributed by atoms with Crippen LogP contribution in [0.4, 0.5) is 0 Å². The van der Waals surface area contributed by atoms with Gasteiger partial charge in [-0.25, -0.2) is 4.68 Å². The highest BCUT2D eigenvalue weighted by molar-refractivity contribution is 5.94. The number of para-hydroxylation sites is 2. The number of carbonyl (C=O) groups excluding carboxylic acids is 1. The minimum atomic E-state index is -0.206. The van der Waals surface area contributed by atoms with Gasteiger partial charge in [0.25, 0.3) is 5.91 Å². The molecule has 3 aromatic rings. The first-order valence-electron chi connectivity index (χ1n) is 8.06. The molecule has 6 heteroatoms. The fourth-order valence-corrected chi connectivity index (χ4v) is 2.66. The SMILES string of the molecule is O=C(NC[C@@H]1COc2ccccc2O1)c1ccc(-n2cccn2)cc1. The van der Waals surface area contributed by atoms with E-state index in [1.807, 2.05) is 48.7 Å². The number of fused-ring (bicyclic) bond motifs is 1. The van der Waals surface area contributed by atoms with Gasteiger partial charge >= 0.3 is 0 Å². The van der Waals surface area contributed by atoms with Crippen molar-refractivity contribution in [3.63, 3.8) is 0 Å². The number of nitrogens with zero attached hydrogens (tertiary/aromatic N) is 2. The largest absolute Gasteiger partial charge is 0.486 e. The van der Waals surface area contributed by atoms with E-state index >= 15 is 0 Å². The predicted molar refractivity (Wildman–Crippen MR) is 92.3 cm³/mol. The maximum atomic E-state index is 12.3. The van der Waals surface area contributed by atoms with Gasteiger partial charge in [0.15, 0.2) is 11.5 Å². The molecule has 1 aromatic heterocycles. The molecule has 1 aliphatic heterocycles. The molecule has 0 saturated heterocycles. The van der Waals surface area contributed by atoms with Crippen molar-refractivity contribution in [2.45, 2.75) is 6.10 Å². The first-order valence-corrected chi connectivity index (χ1v) is 8.06. The zero-order chi connectivity index (χ0) is 17.1. The second-order valence-electron chi connectivity index (χ2n) is 5.71. The zero-order valence-corrected chi connectivity index (χ0v) is 13.5. The minimum Gasteiger partial charge on any atom is -0.486 e. The first kappa shape index (κ1) is 15.3. The highest BCUT2D eigenvalue weighted by Gasteiger charge is 2.21. The van der Waals surface area contributed by atoms with Gasteiger partial charge in [-0.3, -0.25) is 4.79 Å². The molecule has 2 heterocycles. The standard InChI is InChI=1S/C19H17N3O3/c23-19(14-6-8-15(9-7-14)22-11-3-10-21-22)20-12-16-13-24-17-4-1-2-5-18(17)25-16/h1-11,16H,12-13H2,(H,20,23)/t16-/m1/s1. The monoisotopic (exact) mass is 335 g/mol. The molecule has 1 atom stereocenters. The third-order valence-corrected chi connectivity index (χ3v) is 3.96. The van der Waals surface area contributed by atoms with Gasteiger partial charge in [-0.2, -0.15) is 5.10 Å². The molecule has 0 fully saturated rings. The van der Waals surface area contributed by atoms with Crippen LogP contribution >= 0.6 is 0 Å². The summed E-state index contributed by atoms with van der Waals surface area (Å²) in [6.07, 6.45) is 3.36. The number of amides is 1. The van der Waals surface area contributed by atoms with Crippen LogP contribution in [0.3, 0.4) is 0 Å². The van der Waals surface area contributed by atoms with Crippen LogP contribution in [0.15, 0.2) is 67.0 Å². The van der Waals surface area contributed by atoms with Crippen molar-refractivity contribution in [2.24, 2.45) is 0 Å². The number of carbonyl (C=O) groups is 1. The minimum absolute atomic E-state index is 0.144. The molecule has 1 N–H and O–H groups in total. The molecule has 6 nitrogen and oxygen atoms in total. The summed E-state index contributed by atoms with van der Waals surface area (Å²) >= 11 is 0. The fourth-order valence-electron chi connectivity index (χ4n) is 2.66. The molecule has 0 radical (unpaired) electrons. The summed E-state index contributed by atoms with van der Waals surface area (Å²) < 4.78 is 13.2. The summed E-state index contributed by atoms with van der Waals surface area (Å²) in [4.78, 5) is 12.3. The van der Waals surface area contributed by atoms with Crippen molar-refractivity contribution in [3.05, 3.63) is 72.6 Å². The second-order valence-corrected chi connectivity index (χ2v) is 5.71. The number of hydrogen-bond donors (Lipinski definition) is 1. The summed E-state index contributed by atoms with van der Waals surface area (Å²) in [5.41, 5.74) is 1.50. The Morgan fingerprint density at radius 2 is 1.92 bits per heavy atom. The summed E-state index contributed by atoms with van der Waals surface area (Å²) in [5, 5.41) is 7.05. The van der Waals surface area contributed by atoms with Gasteiger partial charge in [-0.15, -0.1) is 0 Å². The van der Waals surface area contributed by atoms with Gasteiger partial charge < -0.3 is 14.8 Å².